The van der Waals surface area contributed by atoms with Crippen molar-refractivity contribution < 1.29 is 4.74 Å². The van der Waals surface area contributed by atoms with Gasteiger partial charge in [-0.05, 0) is 32.0 Å². The van der Waals surface area contributed by atoms with Gasteiger partial charge in [0.15, 0.2) is 0 Å². The molecule has 1 saturated heterocycles. The van der Waals surface area contributed by atoms with Crippen LogP contribution in [0.1, 0.15) is 19.4 Å². The molecule has 0 radical (unpaired) electrons. The van der Waals surface area contributed by atoms with E-state index in [4.69, 9.17) is 10.00 Å². The van der Waals surface area contributed by atoms with Gasteiger partial charge in [-0.1, -0.05) is 15.9 Å². The largest absolute Gasteiger partial charge is 0.375 e. The van der Waals surface area contributed by atoms with E-state index in [1.54, 1.807) is 0 Å². The molecule has 1 aliphatic rings. The Labute approximate surface area is 110 Å². The smallest absolute Gasteiger partial charge is 0.0992 e. The molecule has 0 saturated carbocycles. The van der Waals surface area contributed by atoms with Crippen LogP contribution in [0.4, 0.5) is 5.69 Å². The molecule has 1 fully saturated rings. The van der Waals surface area contributed by atoms with Gasteiger partial charge in [-0.2, -0.15) is 5.26 Å². The maximum Gasteiger partial charge on any atom is 0.0992 e. The second-order valence-corrected chi connectivity index (χ2v) is 5.37. The normalized spacial score (nSPS) is 24.5. The molecule has 4 heteroatoms. The first-order valence-corrected chi connectivity index (χ1v) is 6.48. The number of halogens is 1. The molecule has 0 aromatic heterocycles. The molecule has 90 valence electrons. The fourth-order valence-corrected chi connectivity index (χ4v) is 2.55. The molecule has 0 spiro atoms. The van der Waals surface area contributed by atoms with E-state index in [0.29, 0.717) is 11.6 Å². The highest BCUT2D eigenvalue weighted by Gasteiger charge is 2.23. The Morgan fingerprint density at radius 2 is 2.18 bits per heavy atom. The molecule has 0 aliphatic carbocycles. The molecule has 2 atom stereocenters. The highest BCUT2D eigenvalue weighted by Crippen LogP contribution is 2.26. The molecule has 1 aromatic carbocycles. The first-order valence-electron chi connectivity index (χ1n) is 5.69. The van der Waals surface area contributed by atoms with Gasteiger partial charge < -0.3 is 9.64 Å². The number of rotatable bonds is 1. The van der Waals surface area contributed by atoms with Gasteiger partial charge in [0.2, 0.25) is 0 Å². The van der Waals surface area contributed by atoms with Gasteiger partial charge in [0.05, 0.1) is 24.3 Å². The fourth-order valence-electron chi connectivity index (χ4n) is 2.07. The quantitative estimate of drug-likeness (QED) is 0.799. The average Bonchev–Trinajstić information content (AvgIpc) is 2.31. The minimum absolute atomic E-state index is 0.232. The second kappa shape index (κ2) is 5.07. The van der Waals surface area contributed by atoms with E-state index in [0.717, 1.165) is 23.3 Å². The minimum atomic E-state index is 0.232. The highest BCUT2D eigenvalue weighted by molar-refractivity contribution is 9.10. The van der Waals surface area contributed by atoms with Crippen molar-refractivity contribution in [1.82, 2.24) is 0 Å². The van der Waals surface area contributed by atoms with Crippen molar-refractivity contribution in [1.29, 1.82) is 5.26 Å². The lowest BCUT2D eigenvalue weighted by molar-refractivity contribution is 0.0344. The van der Waals surface area contributed by atoms with E-state index in [2.05, 4.69) is 46.8 Å². The van der Waals surface area contributed by atoms with Gasteiger partial charge in [0, 0.05) is 22.7 Å². The Kier molecular flexibility index (Phi) is 3.70. The number of ether oxygens (including phenoxy) is 1. The average molecular weight is 295 g/mol. The van der Waals surface area contributed by atoms with Crippen LogP contribution < -0.4 is 4.90 Å². The summed E-state index contributed by atoms with van der Waals surface area (Å²) in [5.41, 5.74) is 1.76. The van der Waals surface area contributed by atoms with E-state index in [1.807, 2.05) is 12.1 Å². The monoisotopic (exact) mass is 294 g/mol. The Morgan fingerprint density at radius 3 is 2.88 bits per heavy atom. The van der Waals surface area contributed by atoms with Crippen LogP contribution in [0.3, 0.4) is 0 Å². The fraction of sp³-hybridized carbons (Fsp3) is 0.462. The van der Waals surface area contributed by atoms with Crippen LogP contribution in [-0.2, 0) is 4.74 Å². The highest BCUT2D eigenvalue weighted by atomic mass is 79.9. The molecule has 1 aromatic rings. The Bertz CT molecular complexity index is 455. The van der Waals surface area contributed by atoms with Crippen LogP contribution in [0.25, 0.3) is 0 Å². The van der Waals surface area contributed by atoms with Gasteiger partial charge in [-0.3, -0.25) is 0 Å². The number of nitrogens with zero attached hydrogens (tertiary/aromatic N) is 2. The zero-order chi connectivity index (χ0) is 12.4. The zero-order valence-corrected chi connectivity index (χ0v) is 11.6. The Hall–Kier alpha value is -1.05. The van der Waals surface area contributed by atoms with Crippen molar-refractivity contribution >= 4 is 21.6 Å². The number of hydrogen-bond acceptors (Lipinski definition) is 3. The third-order valence-corrected chi connectivity index (χ3v) is 3.41. The van der Waals surface area contributed by atoms with Crippen molar-refractivity contribution in [3.05, 3.63) is 28.2 Å². The molecule has 17 heavy (non-hydrogen) atoms. The summed E-state index contributed by atoms with van der Waals surface area (Å²) in [5, 5.41) is 8.99. The SMILES string of the molecule is CC1CN(c2cc(Br)cc(C#N)c2)C(C)CO1. The lowest BCUT2D eigenvalue weighted by atomic mass is 10.1. The molecule has 2 unspecified atom stereocenters. The van der Waals surface area contributed by atoms with Crippen LogP contribution in [0, 0.1) is 11.3 Å². The molecule has 0 bridgehead atoms. The molecule has 1 heterocycles. The summed E-state index contributed by atoms with van der Waals surface area (Å²) in [5.74, 6) is 0. The standard InChI is InChI=1S/C13H15BrN2O/c1-9-8-17-10(2)7-16(9)13-4-11(6-15)3-12(14)5-13/h3-5,9-10H,7-8H2,1-2H3. The van der Waals surface area contributed by atoms with Crippen LogP contribution in [0.5, 0.6) is 0 Å². The van der Waals surface area contributed by atoms with E-state index in [-0.39, 0.29) is 6.10 Å². The molecule has 3 nitrogen and oxygen atoms in total. The summed E-state index contributed by atoms with van der Waals surface area (Å²) < 4.78 is 6.55. The van der Waals surface area contributed by atoms with Gasteiger partial charge in [-0.25, -0.2) is 0 Å². The van der Waals surface area contributed by atoms with Gasteiger partial charge in [-0.15, -0.1) is 0 Å². The molecule has 1 aliphatic heterocycles. The molecular formula is C13H15BrN2O. The molecule has 0 amide bonds. The summed E-state index contributed by atoms with van der Waals surface area (Å²) >= 11 is 3.45. The summed E-state index contributed by atoms with van der Waals surface area (Å²) in [7, 11) is 0. The topological polar surface area (TPSA) is 36.3 Å². The molecular weight excluding hydrogens is 280 g/mol. The van der Waals surface area contributed by atoms with Crippen molar-refractivity contribution in [2.45, 2.75) is 26.0 Å². The van der Waals surface area contributed by atoms with Crippen molar-refractivity contribution in [3.8, 4) is 6.07 Å². The Balaban J connectivity index is 2.32. The van der Waals surface area contributed by atoms with Crippen LogP contribution in [0.2, 0.25) is 0 Å². The number of nitriles is 1. The predicted molar refractivity (Wildman–Crippen MR) is 71.1 cm³/mol. The number of hydrogen-bond donors (Lipinski definition) is 0. The minimum Gasteiger partial charge on any atom is -0.375 e. The van der Waals surface area contributed by atoms with Crippen molar-refractivity contribution in [2.75, 3.05) is 18.1 Å². The van der Waals surface area contributed by atoms with E-state index in [1.165, 1.54) is 0 Å². The Morgan fingerprint density at radius 1 is 1.41 bits per heavy atom. The first-order chi connectivity index (χ1) is 8.10. The van der Waals surface area contributed by atoms with Gasteiger partial charge >= 0.3 is 0 Å². The zero-order valence-electron chi connectivity index (χ0n) is 9.98. The maximum atomic E-state index is 8.99. The van der Waals surface area contributed by atoms with Crippen LogP contribution >= 0.6 is 15.9 Å². The molecule has 2 rings (SSSR count). The van der Waals surface area contributed by atoms with Crippen LogP contribution in [-0.4, -0.2) is 25.3 Å². The van der Waals surface area contributed by atoms with Gasteiger partial charge in [0.1, 0.15) is 0 Å². The second-order valence-electron chi connectivity index (χ2n) is 4.46. The third kappa shape index (κ3) is 2.80. The predicted octanol–water partition coefficient (Wildman–Crippen LogP) is 2.93. The maximum absolute atomic E-state index is 8.99. The van der Waals surface area contributed by atoms with E-state index in [9.17, 15) is 0 Å². The van der Waals surface area contributed by atoms with Crippen molar-refractivity contribution in [3.63, 3.8) is 0 Å². The van der Waals surface area contributed by atoms with E-state index >= 15 is 0 Å². The van der Waals surface area contributed by atoms with E-state index < -0.39 is 0 Å². The third-order valence-electron chi connectivity index (χ3n) is 2.95. The summed E-state index contributed by atoms with van der Waals surface area (Å²) in [6.45, 7) is 5.80. The van der Waals surface area contributed by atoms with Gasteiger partial charge in [0.25, 0.3) is 0 Å². The number of morpholine rings is 1. The lowest BCUT2D eigenvalue weighted by Gasteiger charge is -2.38. The lowest BCUT2D eigenvalue weighted by Crippen LogP contribution is -2.47. The number of anilines is 1. The summed E-state index contributed by atoms with van der Waals surface area (Å²) in [4.78, 5) is 2.29. The first kappa shape index (κ1) is 12.4. The molecule has 0 N–H and O–H groups in total. The summed E-state index contributed by atoms with van der Waals surface area (Å²) in [6.07, 6.45) is 0.232. The van der Waals surface area contributed by atoms with Crippen LogP contribution in [0.15, 0.2) is 22.7 Å². The number of benzene rings is 1. The summed E-state index contributed by atoms with van der Waals surface area (Å²) in [6, 6.07) is 8.34. The van der Waals surface area contributed by atoms with Crippen molar-refractivity contribution in [2.24, 2.45) is 0 Å².